The number of aliphatic hydroxyl groups excluding tert-OH is 3. The summed E-state index contributed by atoms with van der Waals surface area (Å²) in [6.45, 7) is 33.3. The van der Waals surface area contributed by atoms with E-state index in [1.165, 1.54) is 6.08 Å². The number of esters is 4. The van der Waals surface area contributed by atoms with E-state index in [4.69, 9.17) is 51.8 Å². The van der Waals surface area contributed by atoms with Gasteiger partial charge in [-0.3, -0.25) is 9.59 Å². The predicted octanol–water partition coefficient (Wildman–Crippen LogP) is 9.49. The van der Waals surface area contributed by atoms with Gasteiger partial charge in [0.05, 0.1) is 72.8 Å². The summed E-state index contributed by atoms with van der Waals surface area (Å²) < 4.78 is 72.4. The molecule has 21 heteroatoms. The summed E-state index contributed by atoms with van der Waals surface area (Å²) in [6.07, 6.45) is -7.68. The molecule has 4 saturated heterocycles. The normalized spacial score (nSPS) is 41.6. The van der Waals surface area contributed by atoms with Crippen LogP contribution in [0.15, 0.2) is 108 Å². The van der Waals surface area contributed by atoms with Crippen LogP contribution in [0, 0.1) is 33.5 Å². The standard InChI is InChI=1S/C40H58O10Si.C34H44O10/c1-10-18-29(42)49-39-23-45-28(39)21-27(50-51(12-3,13-4)14-5)38(9)33(39)35(48-36(43)25-19-16-15-17-20-25)40(44)22-26(41)24(6)31(37(40,7)8)32-34(38)47-30(11-2)46-32;1-7-12-23(37)44-33-17-40-22(33)15-21(36)32(6)27(33)29(43-30(38)19-13-10-9-11-14-19)34(39)16-20(35)18(3)25(31(34,4)5)26-28(32)42-24(8-2)41-26/h11,15-17,19-20,26-28,30,32-35,41,44H,2,10,12-14,18,21-23H2,1,3-9H3;8-11,13-14,20-22,24,26-29,35-36,39H,2,7,12,15-17H2,1,3-6H3/t26-,27-,28+,30?,32+,33-,34+,35-,38+,39-,40+;20-,21-,22+,24?,26+,27-,28+,29-,32+,33-,34+/m00/s1. The van der Waals surface area contributed by atoms with Crippen LogP contribution in [0.1, 0.15) is 162 Å². The molecule has 10 aliphatic rings. The highest BCUT2D eigenvalue weighted by molar-refractivity contribution is 6.73. The maximum absolute atomic E-state index is 14.3. The van der Waals surface area contributed by atoms with Gasteiger partial charge in [0.1, 0.15) is 47.8 Å². The largest absolute Gasteiger partial charge is 0.455 e. The van der Waals surface area contributed by atoms with Crippen molar-refractivity contribution in [1.82, 2.24) is 0 Å². The van der Waals surface area contributed by atoms with Crippen molar-refractivity contribution >= 4 is 32.2 Å². The summed E-state index contributed by atoms with van der Waals surface area (Å²) in [7, 11) is -2.33. The molecule has 2 aromatic rings. The highest BCUT2D eigenvalue weighted by atomic mass is 28.4. The van der Waals surface area contributed by atoms with Crippen LogP contribution in [0.2, 0.25) is 18.1 Å². The lowest BCUT2D eigenvalue weighted by atomic mass is 9.44. The van der Waals surface area contributed by atoms with Crippen molar-refractivity contribution < 1.29 is 96.5 Å². The maximum Gasteiger partial charge on any atom is 0.338 e. The molecule has 0 amide bonds. The Morgan fingerprint density at radius 1 is 0.579 bits per heavy atom. The number of hydrogen-bond donors (Lipinski definition) is 5. The van der Waals surface area contributed by atoms with Gasteiger partial charge in [-0.2, -0.15) is 0 Å². The smallest absolute Gasteiger partial charge is 0.338 e. The lowest BCUT2D eigenvalue weighted by molar-refractivity contribution is -0.362. The summed E-state index contributed by atoms with van der Waals surface area (Å²) in [4.78, 5) is 55.2. The molecule has 0 spiro atoms. The Bertz CT molecular complexity index is 3300. The third kappa shape index (κ3) is 10.9. The van der Waals surface area contributed by atoms with E-state index < -0.39 is 174 Å². The SMILES string of the molecule is C=CC1O[C@@H]2C3=C(C)[C@@H](O)C[C@@](O)([C@@H](OC(=O)c4ccccc4)[C@@H]4[C@]5(OC(=O)CCC)CO[C@@H]5C[C@H](O)[C@@]4(C)[C@@H]2O1)C3(C)C.C=CC1O[C@@H]2C3=C(C)[C@@H](O)C[C@@](O)([C@@H](OC(=O)c4ccccc4)[C@@H]4[C@]5(OC(=O)CCC)CO[C@@H]5C[C@H](O[Si](CC)(CC)CC)[C@@]4(C)[C@@H]2O1)C3(C)C. The first-order valence-corrected chi connectivity index (χ1v) is 37.1. The van der Waals surface area contributed by atoms with Crippen LogP contribution >= 0.6 is 0 Å². The van der Waals surface area contributed by atoms with E-state index in [-0.39, 0.29) is 50.9 Å². The Labute approximate surface area is 560 Å². The monoisotopic (exact) mass is 1340 g/mol. The second-order valence-corrected chi connectivity index (χ2v) is 34.8. The summed E-state index contributed by atoms with van der Waals surface area (Å²) in [5.74, 6) is -4.09. The van der Waals surface area contributed by atoms with Gasteiger partial charge in [-0.15, -0.1) is 0 Å². The molecule has 8 fully saturated rings. The van der Waals surface area contributed by atoms with E-state index in [0.717, 1.165) is 18.1 Å². The average Bonchev–Trinajstić information content (AvgIpc) is 1.51. The molecule has 2 unspecified atom stereocenters. The van der Waals surface area contributed by atoms with E-state index >= 15 is 0 Å². The number of carbonyl (C=O) groups excluding carboxylic acids is 4. The van der Waals surface area contributed by atoms with Gasteiger partial charge >= 0.3 is 23.9 Å². The first-order valence-electron chi connectivity index (χ1n) is 34.5. The number of benzene rings is 2. The Morgan fingerprint density at radius 2 is 0.968 bits per heavy atom. The van der Waals surface area contributed by atoms with Crippen LogP contribution in [0.25, 0.3) is 0 Å². The molecule has 95 heavy (non-hydrogen) atoms. The maximum atomic E-state index is 14.3. The van der Waals surface area contributed by atoms with Gasteiger partial charge in [0.25, 0.3) is 0 Å². The first-order chi connectivity index (χ1) is 44.9. The summed E-state index contributed by atoms with van der Waals surface area (Å²) in [6, 6.07) is 19.8. The van der Waals surface area contributed by atoms with Gasteiger partial charge in [0, 0.05) is 60.2 Å². The van der Waals surface area contributed by atoms with E-state index in [1.807, 2.05) is 61.5 Å². The number of aliphatic hydroxyl groups is 5. The van der Waals surface area contributed by atoms with Gasteiger partial charge in [-0.05, 0) is 104 Å². The molecule has 22 atom stereocenters. The van der Waals surface area contributed by atoms with Crippen LogP contribution in [0.5, 0.6) is 0 Å². The Morgan fingerprint density at radius 3 is 1.34 bits per heavy atom. The van der Waals surface area contributed by atoms with Crippen molar-refractivity contribution in [2.24, 2.45) is 33.5 Å². The molecular weight excluding hydrogens is 1240 g/mol. The van der Waals surface area contributed by atoms with Gasteiger partial charge in [-0.1, -0.05) is 126 Å². The fraction of sp³-hybridized carbons (Fsp3) is 0.676. The van der Waals surface area contributed by atoms with Crippen molar-refractivity contribution in [3.8, 4) is 0 Å². The molecule has 20 nitrogen and oxygen atoms in total. The third-order valence-electron chi connectivity index (χ3n) is 24.9. The molecule has 522 valence electrons. The van der Waals surface area contributed by atoms with E-state index in [9.17, 15) is 44.7 Å². The summed E-state index contributed by atoms with van der Waals surface area (Å²) in [5, 5.41) is 61.9. The molecule has 12 rings (SSSR count). The summed E-state index contributed by atoms with van der Waals surface area (Å²) in [5.41, 5.74) is -7.86. The van der Waals surface area contributed by atoms with Crippen LogP contribution < -0.4 is 0 Å². The van der Waals surface area contributed by atoms with Crippen LogP contribution in [0.4, 0.5) is 0 Å². The van der Waals surface area contributed by atoms with Crippen molar-refractivity contribution in [2.45, 2.75) is 268 Å². The van der Waals surface area contributed by atoms with E-state index in [1.54, 1.807) is 67.6 Å². The van der Waals surface area contributed by atoms with Crippen molar-refractivity contribution in [3.05, 3.63) is 119 Å². The molecule has 5 N–H and O–H groups in total. The highest BCUT2D eigenvalue weighted by Gasteiger charge is 2.81. The van der Waals surface area contributed by atoms with Gasteiger partial charge in [0.2, 0.25) is 0 Å². The number of fused-ring (bicyclic) bond motifs is 16. The molecule has 4 aliphatic heterocycles. The number of carbonyl (C=O) groups is 4. The van der Waals surface area contributed by atoms with Gasteiger partial charge < -0.3 is 77.3 Å². The molecule has 6 aliphatic carbocycles. The van der Waals surface area contributed by atoms with Crippen molar-refractivity contribution in [1.29, 1.82) is 0 Å². The van der Waals surface area contributed by atoms with Crippen LogP contribution in [0.3, 0.4) is 0 Å². The topological polar surface area (TPSA) is 271 Å². The third-order valence-corrected chi connectivity index (χ3v) is 29.5. The zero-order valence-corrected chi connectivity index (χ0v) is 58.6. The fourth-order valence-electron chi connectivity index (χ4n) is 19.1. The van der Waals surface area contributed by atoms with E-state index in [2.05, 4.69) is 40.9 Å². The minimum atomic E-state index is -2.33. The Kier molecular flexibility index (Phi) is 19.5. The van der Waals surface area contributed by atoms with Gasteiger partial charge in [0.15, 0.2) is 32.1 Å². The first kappa shape index (κ1) is 71.3. The molecule has 0 aromatic heterocycles. The second-order valence-electron chi connectivity index (χ2n) is 30.0. The number of rotatable bonds is 17. The molecule has 4 heterocycles. The van der Waals surface area contributed by atoms with E-state index in [0.29, 0.717) is 47.1 Å². The molecule has 2 aromatic carbocycles. The number of ether oxygens (including phenoxy) is 10. The molecule has 4 saturated carbocycles. The van der Waals surface area contributed by atoms with Crippen LogP contribution in [-0.4, -0.2) is 179 Å². The van der Waals surface area contributed by atoms with Gasteiger partial charge in [-0.25, -0.2) is 9.59 Å². The fourth-order valence-corrected chi connectivity index (χ4v) is 22.0. The minimum Gasteiger partial charge on any atom is -0.455 e. The number of hydrogen-bond acceptors (Lipinski definition) is 20. The zero-order valence-electron chi connectivity index (χ0n) is 57.6. The summed E-state index contributed by atoms with van der Waals surface area (Å²) >= 11 is 0. The lowest BCUT2D eigenvalue weighted by Crippen LogP contribution is -2.82. The molecule has 0 radical (unpaired) electrons. The second kappa shape index (κ2) is 26.0. The molecule has 4 bridgehead atoms. The molecular formula is C74H102O20Si. The Balaban J connectivity index is 0.000000195. The average molecular weight is 1340 g/mol. The lowest BCUT2D eigenvalue weighted by Gasteiger charge is -2.69. The van der Waals surface area contributed by atoms with Crippen molar-refractivity contribution in [2.75, 3.05) is 13.2 Å². The minimum absolute atomic E-state index is 0.0244. The highest BCUT2D eigenvalue weighted by Crippen LogP contribution is 2.70. The Hall–Kier alpha value is -4.98. The zero-order chi connectivity index (χ0) is 69.0. The van der Waals surface area contributed by atoms with Crippen LogP contribution in [-0.2, 0) is 61.4 Å². The quantitative estimate of drug-likeness (QED) is 0.0427. The van der Waals surface area contributed by atoms with Crippen molar-refractivity contribution in [3.63, 3.8) is 0 Å². The predicted molar refractivity (Wildman–Crippen MR) is 350 cm³/mol.